The summed E-state index contributed by atoms with van der Waals surface area (Å²) >= 11 is 0. The van der Waals surface area contributed by atoms with Crippen LogP contribution in [0.2, 0.25) is 0 Å². The van der Waals surface area contributed by atoms with E-state index in [1.165, 1.54) is 12.1 Å². The smallest absolute Gasteiger partial charge is 0.164 e. The zero-order chi connectivity index (χ0) is 13.1. The van der Waals surface area contributed by atoms with Gasteiger partial charge < -0.3 is 5.11 Å². The molecule has 1 aromatic carbocycles. The van der Waals surface area contributed by atoms with Gasteiger partial charge in [0, 0.05) is 24.5 Å². The van der Waals surface area contributed by atoms with Gasteiger partial charge >= 0.3 is 0 Å². The van der Waals surface area contributed by atoms with Crippen LogP contribution >= 0.6 is 0 Å². The zero-order valence-electron chi connectivity index (χ0n) is 9.98. The maximum Gasteiger partial charge on any atom is 0.164 e. The first kappa shape index (κ1) is 12.7. The van der Waals surface area contributed by atoms with E-state index in [9.17, 15) is 13.9 Å². The highest BCUT2D eigenvalue weighted by Crippen LogP contribution is 2.23. The summed E-state index contributed by atoms with van der Waals surface area (Å²) in [6.45, 7) is 0. The van der Waals surface area contributed by atoms with E-state index < -0.39 is 17.7 Å². The second-order valence-electron chi connectivity index (χ2n) is 4.14. The van der Waals surface area contributed by atoms with Gasteiger partial charge in [-0.1, -0.05) is 12.1 Å². The molecule has 0 aliphatic carbocycles. The van der Waals surface area contributed by atoms with Crippen LogP contribution in [0, 0.1) is 11.6 Å². The number of rotatable bonds is 4. The van der Waals surface area contributed by atoms with E-state index in [4.69, 9.17) is 0 Å². The van der Waals surface area contributed by atoms with Crippen LogP contribution in [0.1, 0.15) is 23.8 Å². The highest BCUT2D eigenvalue weighted by molar-refractivity contribution is 5.21. The highest BCUT2D eigenvalue weighted by atomic mass is 19.2. The third-order valence-electron chi connectivity index (χ3n) is 2.94. The number of halogens is 2. The number of aliphatic hydroxyl groups excluding tert-OH is 1. The summed E-state index contributed by atoms with van der Waals surface area (Å²) in [6.07, 6.45) is 1.51. The lowest BCUT2D eigenvalue weighted by molar-refractivity contribution is 0.161. The Kier molecular flexibility index (Phi) is 3.72. The lowest BCUT2D eigenvalue weighted by Crippen LogP contribution is -2.06. The lowest BCUT2D eigenvalue weighted by atomic mass is 10.0. The van der Waals surface area contributed by atoms with Crippen molar-refractivity contribution in [2.75, 3.05) is 0 Å². The first-order valence-corrected chi connectivity index (χ1v) is 5.68. The summed E-state index contributed by atoms with van der Waals surface area (Å²) in [5.41, 5.74) is 0.933. The van der Waals surface area contributed by atoms with E-state index in [1.54, 1.807) is 17.9 Å². The molecule has 0 spiro atoms. The van der Waals surface area contributed by atoms with Crippen molar-refractivity contribution in [1.29, 1.82) is 0 Å². The van der Waals surface area contributed by atoms with Gasteiger partial charge in [-0.2, -0.15) is 5.10 Å². The number of aromatic nitrogens is 2. The number of nitrogens with zero attached hydrogens (tertiary/aromatic N) is 2. The molecule has 1 aromatic heterocycles. The van der Waals surface area contributed by atoms with Crippen molar-refractivity contribution in [3.05, 3.63) is 53.4 Å². The molecule has 0 radical (unpaired) electrons. The monoisotopic (exact) mass is 252 g/mol. The van der Waals surface area contributed by atoms with Gasteiger partial charge in [-0.3, -0.25) is 4.68 Å². The van der Waals surface area contributed by atoms with Crippen LogP contribution in [0.5, 0.6) is 0 Å². The van der Waals surface area contributed by atoms with Crippen LogP contribution in [0.25, 0.3) is 0 Å². The van der Waals surface area contributed by atoms with Gasteiger partial charge in [0.2, 0.25) is 0 Å². The number of aryl methyl sites for hydroxylation is 2. The van der Waals surface area contributed by atoms with Gasteiger partial charge in [-0.05, 0) is 25.0 Å². The van der Waals surface area contributed by atoms with Crippen molar-refractivity contribution < 1.29 is 13.9 Å². The van der Waals surface area contributed by atoms with E-state index in [0.29, 0.717) is 12.8 Å². The topological polar surface area (TPSA) is 38.0 Å². The molecule has 0 amide bonds. The minimum absolute atomic E-state index is 0.00262. The molecule has 0 fully saturated rings. The normalized spacial score (nSPS) is 12.7. The summed E-state index contributed by atoms with van der Waals surface area (Å²) < 4.78 is 28.2. The molecule has 96 valence electrons. The summed E-state index contributed by atoms with van der Waals surface area (Å²) in [4.78, 5) is 0. The Labute approximate surface area is 104 Å². The molecule has 18 heavy (non-hydrogen) atoms. The van der Waals surface area contributed by atoms with Gasteiger partial charge in [0.15, 0.2) is 11.6 Å². The molecule has 1 heterocycles. The molecule has 1 unspecified atom stereocenters. The molecule has 3 nitrogen and oxygen atoms in total. The van der Waals surface area contributed by atoms with Gasteiger partial charge in [0.25, 0.3) is 0 Å². The average Bonchev–Trinajstić information content (AvgIpc) is 2.75. The molecule has 5 heteroatoms. The van der Waals surface area contributed by atoms with Crippen LogP contribution in [-0.4, -0.2) is 14.9 Å². The minimum atomic E-state index is -1.02. The van der Waals surface area contributed by atoms with Crippen molar-refractivity contribution in [2.24, 2.45) is 7.05 Å². The van der Waals surface area contributed by atoms with Gasteiger partial charge in [-0.25, -0.2) is 8.78 Å². The van der Waals surface area contributed by atoms with Crippen molar-refractivity contribution in [1.82, 2.24) is 9.78 Å². The van der Waals surface area contributed by atoms with Crippen LogP contribution in [0.3, 0.4) is 0 Å². The van der Waals surface area contributed by atoms with Crippen LogP contribution in [-0.2, 0) is 13.5 Å². The number of benzene rings is 1. The molecular formula is C13H14F2N2O. The second-order valence-corrected chi connectivity index (χ2v) is 4.14. The Balaban J connectivity index is 2.06. The van der Waals surface area contributed by atoms with Crippen molar-refractivity contribution in [2.45, 2.75) is 18.9 Å². The molecule has 0 aliphatic heterocycles. The Bertz CT molecular complexity index is 540. The third-order valence-corrected chi connectivity index (χ3v) is 2.94. The lowest BCUT2D eigenvalue weighted by Gasteiger charge is -2.12. The molecule has 1 atom stereocenters. The fourth-order valence-corrected chi connectivity index (χ4v) is 1.86. The van der Waals surface area contributed by atoms with E-state index in [0.717, 1.165) is 11.8 Å². The molecule has 0 saturated carbocycles. The Hall–Kier alpha value is -1.75. The molecular weight excluding hydrogens is 238 g/mol. The summed E-state index contributed by atoms with van der Waals surface area (Å²) in [7, 11) is 1.80. The fourth-order valence-electron chi connectivity index (χ4n) is 1.86. The summed E-state index contributed by atoms with van der Waals surface area (Å²) in [6, 6.07) is 5.65. The summed E-state index contributed by atoms with van der Waals surface area (Å²) in [5, 5.41) is 13.9. The maximum atomic E-state index is 13.4. The second kappa shape index (κ2) is 5.27. The Morgan fingerprint density at radius 1 is 1.33 bits per heavy atom. The molecule has 0 aliphatic rings. The molecule has 0 bridgehead atoms. The van der Waals surface area contributed by atoms with Crippen molar-refractivity contribution >= 4 is 0 Å². The van der Waals surface area contributed by atoms with Gasteiger partial charge in [-0.15, -0.1) is 0 Å². The van der Waals surface area contributed by atoms with Crippen LogP contribution in [0.4, 0.5) is 8.78 Å². The summed E-state index contributed by atoms with van der Waals surface area (Å²) in [5.74, 6) is -1.91. The quantitative estimate of drug-likeness (QED) is 0.907. The molecule has 2 aromatic rings. The average molecular weight is 252 g/mol. The number of hydrogen-bond donors (Lipinski definition) is 1. The standard InChI is InChI=1S/C13H14F2N2O/c1-17-9(7-8-16-17)5-6-12(18)10-3-2-4-11(14)13(10)15/h2-4,7-8,12,18H,5-6H2,1H3. The highest BCUT2D eigenvalue weighted by Gasteiger charge is 2.16. The fraction of sp³-hybridized carbons (Fsp3) is 0.308. The third kappa shape index (κ3) is 2.56. The van der Waals surface area contributed by atoms with Crippen LogP contribution in [0.15, 0.2) is 30.5 Å². The van der Waals surface area contributed by atoms with E-state index in [-0.39, 0.29) is 5.56 Å². The predicted octanol–water partition coefficient (Wildman–Crippen LogP) is 2.36. The predicted molar refractivity (Wildman–Crippen MR) is 62.8 cm³/mol. The van der Waals surface area contributed by atoms with Crippen LogP contribution < -0.4 is 0 Å². The van der Waals surface area contributed by atoms with Gasteiger partial charge in [0.1, 0.15) is 0 Å². The minimum Gasteiger partial charge on any atom is -0.388 e. The largest absolute Gasteiger partial charge is 0.388 e. The van der Waals surface area contributed by atoms with E-state index in [2.05, 4.69) is 5.10 Å². The first-order chi connectivity index (χ1) is 8.59. The van der Waals surface area contributed by atoms with E-state index in [1.807, 2.05) is 6.07 Å². The first-order valence-electron chi connectivity index (χ1n) is 5.68. The number of aliphatic hydroxyl groups is 1. The SMILES string of the molecule is Cn1nccc1CCC(O)c1cccc(F)c1F. The molecule has 0 saturated heterocycles. The Morgan fingerprint density at radius 2 is 2.11 bits per heavy atom. The van der Waals surface area contributed by atoms with Gasteiger partial charge in [0.05, 0.1) is 6.10 Å². The Morgan fingerprint density at radius 3 is 2.78 bits per heavy atom. The zero-order valence-corrected chi connectivity index (χ0v) is 9.98. The molecule has 2 rings (SSSR count). The van der Waals surface area contributed by atoms with Crippen molar-refractivity contribution in [3.8, 4) is 0 Å². The van der Waals surface area contributed by atoms with Crippen molar-refractivity contribution in [3.63, 3.8) is 0 Å². The number of hydrogen-bond acceptors (Lipinski definition) is 2. The molecule has 1 N–H and O–H groups in total. The van der Waals surface area contributed by atoms with E-state index >= 15 is 0 Å². The maximum absolute atomic E-state index is 13.4.